The van der Waals surface area contributed by atoms with Gasteiger partial charge >= 0.3 is 0 Å². The summed E-state index contributed by atoms with van der Waals surface area (Å²) < 4.78 is 29.9. The minimum Gasteiger partial charge on any atom is -0.412 e. The fraction of sp³-hybridized carbons (Fsp3) is 1.00. The summed E-state index contributed by atoms with van der Waals surface area (Å²) in [5.41, 5.74) is 0. The molecule has 6 heteroatoms. The molecule has 0 aromatic carbocycles. The Hall–Kier alpha value is -0.170. The molecule has 12 heavy (non-hydrogen) atoms. The van der Waals surface area contributed by atoms with Gasteiger partial charge in [0.2, 0.25) is 0 Å². The van der Waals surface area contributed by atoms with Crippen LogP contribution >= 0.6 is 0 Å². The highest BCUT2D eigenvalue weighted by atomic mass is 32.2. The predicted octanol–water partition coefficient (Wildman–Crippen LogP) is -0.610. The molecule has 76 valence electrons. The van der Waals surface area contributed by atoms with E-state index in [1.807, 2.05) is 0 Å². The monoisotopic (exact) mass is 199 g/mol. The summed E-state index contributed by atoms with van der Waals surface area (Å²) in [6, 6.07) is 0. The maximum absolute atomic E-state index is 10.6. The topological polar surface area (TPSA) is 89.1 Å². The van der Waals surface area contributed by atoms with E-state index in [9.17, 15) is 8.42 Å². The molecule has 3 N–H and O–H groups in total. The number of nitrogens with zero attached hydrogens (tertiary/aromatic N) is 1. The van der Waals surface area contributed by atoms with Crippen LogP contribution in [0.25, 0.3) is 0 Å². The molecule has 0 bridgehead atoms. The average Bonchev–Trinajstić information content (AvgIpc) is 1.79. The van der Waals surface area contributed by atoms with Crippen LogP contribution in [0.1, 0.15) is 13.3 Å². The van der Waals surface area contributed by atoms with Crippen molar-refractivity contribution in [2.45, 2.75) is 18.6 Å². The number of rotatable bonds is 4. The Labute approximate surface area is 73.4 Å². The first kappa shape index (κ1) is 14.4. The minimum absolute atomic E-state index is 0. The maximum Gasteiger partial charge on any atom is 0.269 e. The third-order valence-corrected chi connectivity index (χ3v) is 2.77. The fourth-order valence-electron chi connectivity index (χ4n) is 0.841. The van der Waals surface area contributed by atoms with Crippen molar-refractivity contribution in [1.29, 1.82) is 0 Å². The molecule has 0 aliphatic heterocycles. The third kappa shape index (κ3) is 5.48. The zero-order valence-electron chi connectivity index (χ0n) is 7.61. The first-order valence-corrected chi connectivity index (χ1v) is 4.99. The maximum atomic E-state index is 10.6. The quantitative estimate of drug-likeness (QED) is 0.612. The van der Waals surface area contributed by atoms with Crippen molar-refractivity contribution in [3.8, 4) is 0 Å². The lowest BCUT2D eigenvalue weighted by Crippen LogP contribution is -2.31. The van der Waals surface area contributed by atoms with E-state index in [2.05, 4.69) is 0 Å². The first-order valence-electron chi connectivity index (χ1n) is 3.49. The van der Waals surface area contributed by atoms with Crippen molar-refractivity contribution in [1.82, 2.24) is 4.90 Å². The van der Waals surface area contributed by atoms with Crippen LogP contribution in [-0.4, -0.2) is 49.2 Å². The molecule has 0 aliphatic carbocycles. The molecule has 0 spiro atoms. The van der Waals surface area contributed by atoms with Crippen molar-refractivity contribution in [3.63, 3.8) is 0 Å². The van der Waals surface area contributed by atoms with Crippen LogP contribution in [0.3, 0.4) is 0 Å². The highest BCUT2D eigenvalue weighted by Crippen LogP contribution is 2.03. The van der Waals surface area contributed by atoms with Crippen molar-refractivity contribution in [2.24, 2.45) is 0 Å². The second kappa shape index (κ2) is 5.47. The molecule has 0 saturated heterocycles. The molecule has 0 fully saturated rings. The average molecular weight is 199 g/mol. The van der Waals surface area contributed by atoms with Gasteiger partial charge in [-0.05, 0) is 20.5 Å². The summed E-state index contributed by atoms with van der Waals surface area (Å²) >= 11 is 0. The summed E-state index contributed by atoms with van der Waals surface area (Å²) in [6.07, 6.45) is 0.441. The van der Waals surface area contributed by atoms with Gasteiger partial charge in [0.15, 0.2) is 0 Å². The first-order chi connectivity index (χ1) is 4.88. The van der Waals surface area contributed by atoms with Crippen LogP contribution in [-0.2, 0) is 10.1 Å². The van der Waals surface area contributed by atoms with E-state index in [0.717, 1.165) is 0 Å². The summed E-state index contributed by atoms with van der Waals surface area (Å²) in [6.45, 7) is 2.11. The van der Waals surface area contributed by atoms with Crippen LogP contribution in [0.15, 0.2) is 0 Å². The van der Waals surface area contributed by atoms with Gasteiger partial charge in [-0.1, -0.05) is 6.92 Å². The van der Waals surface area contributed by atoms with E-state index in [0.29, 0.717) is 13.0 Å². The standard InChI is InChI=1S/C6H15NO3S.H2O/c1-4-6(5-7(2)3)11(8,9)10;/h6H,4-5H2,1-3H3,(H,8,9,10);1H2. The SMILES string of the molecule is CCC(CN(C)C)S(=O)(=O)O.O. The Morgan fingerprint density at radius 2 is 1.83 bits per heavy atom. The van der Waals surface area contributed by atoms with Gasteiger partial charge in [-0.2, -0.15) is 8.42 Å². The Kier molecular flexibility index (Phi) is 6.55. The molecule has 0 amide bonds. The molecule has 0 aliphatic rings. The lowest BCUT2D eigenvalue weighted by molar-refractivity contribution is 0.378. The molecule has 5 nitrogen and oxygen atoms in total. The summed E-state index contributed by atoms with van der Waals surface area (Å²) in [5, 5.41) is -0.655. The predicted molar refractivity (Wildman–Crippen MR) is 47.8 cm³/mol. The highest BCUT2D eigenvalue weighted by Gasteiger charge is 2.20. The minimum atomic E-state index is -3.85. The molecule has 0 heterocycles. The Morgan fingerprint density at radius 3 is 1.92 bits per heavy atom. The molecule has 0 rings (SSSR count). The highest BCUT2D eigenvalue weighted by molar-refractivity contribution is 7.86. The van der Waals surface area contributed by atoms with E-state index in [-0.39, 0.29) is 5.48 Å². The number of hydrogen-bond donors (Lipinski definition) is 1. The van der Waals surface area contributed by atoms with Gasteiger partial charge in [0.1, 0.15) is 0 Å². The molecule has 0 aromatic heterocycles. The van der Waals surface area contributed by atoms with Crippen LogP contribution in [0.5, 0.6) is 0 Å². The zero-order valence-corrected chi connectivity index (χ0v) is 8.43. The Bertz CT molecular complexity index is 200. The van der Waals surface area contributed by atoms with Gasteiger partial charge in [0, 0.05) is 6.54 Å². The zero-order chi connectivity index (χ0) is 9.07. The van der Waals surface area contributed by atoms with Crippen molar-refractivity contribution < 1.29 is 18.4 Å². The third-order valence-electron chi connectivity index (χ3n) is 1.45. The second-order valence-electron chi connectivity index (χ2n) is 2.81. The van der Waals surface area contributed by atoms with Gasteiger partial charge in [0.25, 0.3) is 10.1 Å². The lowest BCUT2D eigenvalue weighted by atomic mass is 10.3. The van der Waals surface area contributed by atoms with Gasteiger partial charge in [-0.3, -0.25) is 4.55 Å². The van der Waals surface area contributed by atoms with Crippen LogP contribution in [0.4, 0.5) is 0 Å². The number of hydrogen-bond acceptors (Lipinski definition) is 3. The molecule has 1 unspecified atom stereocenters. The van der Waals surface area contributed by atoms with Crippen molar-refractivity contribution >= 4 is 10.1 Å². The van der Waals surface area contributed by atoms with Gasteiger partial charge in [-0.25, -0.2) is 0 Å². The van der Waals surface area contributed by atoms with E-state index in [1.54, 1.807) is 25.9 Å². The normalized spacial score (nSPS) is 14.1. The van der Waals surface area contributed by atoms with E-state index in [4.69, 9.17) is 4.55 Å². The van der Waals surface area contributed by atoms with Gasteiger partial charge in [0.05, 0.1) is 5.25 Å². The Balaban J connectivity index is 0. The van der Waals surface area contributed by atoms with Crippen molar-refractivity contribution in [3.05, 3.63) is 0 Å². The van der Waals surface area contributed by atoms with Crippen LogP contribution in [0, 0.1) is 0 Å². The fourth-order valence-corrected chi connectivity index (χ4v) is 1.75. The van der Waals surface area contributed by atoms with Crippen LogP contribution in [0.2, 0.25) is 0 Å². The Morgan fingerprint density at radius 1 is 1.42 bits per heavy atom. The summed E-state index contributed by atoms with van der Waals surface area (Å²) in [5.74, 6) is 0. The molecule has 0 aromatic rings. The van der Waals surface area contributed by atoms with E-state index < -0.39 is 15.4 Å². The molecule has 0 saturated carbocycles. The summed E-state index contributed by atoms with van der Waals surface area (Å²) in [7, 11) is -0.308. The molecular weight excluding hydrogens is 182 g/mol. The van der Waals surface area contributed by atoms with Crippen molar-refractivity contribution in [2.75, 3.05) is 20.6 Å². The van der Waals surface area contributed by atoms with Crippen LogP contribution < -0.4 is 0 Å². The van der Waals surface area contributed by atoms with E-state index >= 15 is 0 Å². The van der Waals surface area contributed by atoms with Gasteiger partial charge in [-0.15, -0.1) is 0 Å². The largest absolute Gasteiger partial charge is 0.412 e. The smallest absolute Gasteiger partial charge is 0.269 e. The molecule has 0 radical (unpaired) electrons. The summed E-state index contributed by atoms with van der Waals surface area (Å²) in [4.78, 5) is 1.74. The molecular formula is C6H17NO4S. The molecule has 1 atom stereocenters. The van der Waals surface area contributed by atoms with Gasteiger partial charge < -0.3 is 10.4 Å². The lowest BCUT2D eigenvalue weighted by Gasteiger charge is -2.16. The van der Waals surface area contributed by atoms with E-state index in [1.165, 1.54) is 0 Å². The second-order valence-corrected chi connectivity index (χ2v) is 4.50.